The Morgan fingerprint density at radius 2 is 2.09 bits per heavy atom. The molecular formula is C17H20N2O3. The van der Waals surface area contributed by atoms with Crippen LogP contribution in [0.15, 0.2) is 24.4 Å². The molecule has 0 saturated heterocycles. The number of nitrogens with one attached hydrogen (secondary N) is 2. The summed E-state index contributed by atoms with van der Waals surface area (Å²) in [6.07, 6.45) is 4.23. The number of H-pyrrole nitrogens is 1. The Bertz CT molecular complexity index is 714. The average molecular weight is 300 g/mol. The number of fused-ring (bicyclic) bond motifs is 1. The Morgan fingerprint density at radius 1 is 1.32 bits per heavy atom. The number of carbonyl (C=O) groups is 2. The summed E-state index contributed by atoms with van der Waals surface area (Å²) in [4.78, 5) is 26.1. The summed E-state index contributed by atoms with van der Waals surface area (Å²) in [6.45, 7) is 2.11. The minimum absolute atomic E-state index is 0.00464. The number of amides is 1. The van der Waals surface area contributed by atoms with E-state index in [1.54, 1.807) is 0 Å². The normalized spacial score (nSPS) is 20.6. The standard InChI is InChI=1S/C17H20N2O3/c1-2-10-4-3-5-14-12(9-18-16(10)14)8-15(20)19-13-6-11(7-13)17(21)22/h3-5,9,11,13,18H,2,6-8H2,1H3,(H,19,20)(H,21,22). The summed E-state index contributed by atoms with van der Waals surface area (Å²) in [5.74, 6) is -1.11. The molecule has 1 amide bonds. The summed E-state index contributed by atoms with van der Waals surface area (Å²) in [5.41, 5.74) is 3.33. The van der Waals surface area contributed by atoms with Gasteiger partial charge in [0, 0.05) is 23.1 Å². The number of hydrogen-bond acceptors (Lipinski definition) is 2. The van der Waals surface area contributed by atoms with Crippen molar-refractivity contribution in [2.24, 2.45) is 5.92 Å². The van der Waals surface area contributed by atoms with Crippen LogP contribution in [0.2, 0.25) is 0 Å². The predicted molar refractivity (Wildman–Crippen MR) is 83.7 cm³/mol. The van der Waals surface area contributed by atoms with Crippen LogP contribution in [0.3, 0.4) is 0 Å². The molecule has 5 nitrogen and oxygen atoms in total. The van der Waals surface area contributed by atoms with E-state index in [0.29, 0.717) is 19.3 Å². The lowest BCUT2D eigenvalue weighted by molar-refractivity contribution is -0.146. The van der Waals surface area contributed by atoms with Crippen LogP contribution < -0.4 is 5.32 Å². The van der Waals surface area contributed by atoms with Gasteiger partial charge < -0.3 is 15.4 Å². The molecule has 0 atom stereocenters. The van der Waals surface area contributed by atoms with Crippen LogP contribution in [0.5, 0.6) is 0 Å². The van der Waals surface area contributed by atoms with E-state index in [1.165, 1.54) is 5.56 Å². The van der Waals surface area contributed by atoms with E-state index in [1.807, 2.05) is 18.3 Å². The first kappa shape index (κ1) is 14.6. The molecule has 0 radical (unpaired) electrons. The molecule has 1 aromatic heterocycles. The number of rotatable bonds is 5. The van der Waals surface area contributed by atoms with Gasteiger partial charge in [-0.25, -0.2) is 0 Å². The van der Waals surface area contributed by atoms with Crippen LogP contribution in [-0.4, -0.2) is 28.0 Å². The SMILES string of the molecule is CCc1cccc2c(CC(=O)NC3CC(C(=O)O)C3)c[nH]c12. The number of aromatic nitrogens is 1. The van der Waals surface area contributed by atoms with Gasteiger partial charge in [-0.05, 0) is 30.4 Å². The number of carbonyl (C=O) groups excluding carboxylic acids is 1. The highest BCUT2D eigenvalue weighted by Crippen LogP contribution is 2.28. The second-order valence-electron chi connectivity index (χ2n) is 5.95. The van der Waals surface area contributed by atoms with E-state index in [0.717, 1.165) is 22.9 Å². The molecule has 1 aliphatic rings. The molecule has 1 heterocycles. The predicted octanol–water partition coefficient (Wildman–Crippen LogP) is 2.25. The summed E-state index contributed by atoms with van der Waals surface area (Å²) in [7, 11) is 0. The largest absolute Gasteiger partial charge is 0.481 e. The van der Waals surface area contributed by atoms with Gasteiger partial charge >= 0.3 is 5.97 Å². The van der Waals surface area contributed by atoms with Crippen LogP contribution in [-0.2, 0) is 22.4 Å². The highest BCUT2D eigenvalue weighted by atomic mass is 16.4. The first-order chi connectivity index (χ1) is 10.6. The van der Waals surface area contributed by atoms with Gasteiger partial charge in [0.25, 0.3) is 0 Å². The molecule has 1 aliphatic carbocycles. The molecule has 0 spiro atoms. The van der Waals surface area contributed by atoms with Gasteiger partial charge in [0.05, 0.1) is 12.3 Å². The Morgan fingerprint density at radius 3 is 2.77 bits per heavy atom. The fourth-order valence-electron chi connectivity index (χ4n) is 3.11. The Kier molecular flexibility index (Phi) is 3.88. The van der Waals surface area contributed by atoms with Crippen LogP contribution in [0.1, 0.15) is 30.9 Å². The van der Waals surface area contributed by atoms with Gasteiger partial charge in [0.15, 0.2) is 0 Å². The summed E-state index contributed by atoms with van der Waals surface area (Å²) in [6, 6.07) is 6.13. The minimum Gasteiger partial charge on any atom is -0.481 e. The van der Waals surface area contributed by atoms with Crippen molar-refractivity contribution in [3.05, 3.63) is 35.5 Å². The lowest BCUT2D eigenvalue weighted by Gasteiger charge is -2.32. The first-order valence-corrected chi connectivity index (χ1v) is 7.68. The zero-order chi connectivity index (χ0) is 15.7. The zero-order valence-electron chi connectivity index (χ0n) is 12.6. The Labute approximate surface area is 128 Å². The molecule has 0 unspecified atom stereocenters. The molecular weight excluding hydrogens is 280 g/mol. The van der Waals surface area contributed by atoms with Crippen molar-refractivity contribution in [2.75, 3.05) is 0 Å². The fraction of sp³-hybridized carbons (Fsp3) is 0.412. The van der Waals surface area contributed by atoms with Gasteiger partial charge in [-0.2, -0.15) is 0 Å². The van der Waals surface area contributed by atoms with Crippen molar-refractivity contribution >= 4 is 22.8 Å². The van der Waals surface area contributed by atoms with Crippen molar-refractivity contribution in [2.45, 2.75) is 38.6 Å². The molecule has 5 heteroatoms. The van der Waals surface area contributed by atoms with Gasteiger partial charge in [0.2, 0.25) is 5.91 Å². The maximum atomic E-state index is 12.1. The van der Waals surface area contributed by atoms with E-state index >= 15 is 0 Å². The fourth-order valence-corrected chi connectivity index (χ4v) is 3.11. The third kappa shape index (κ3) is 2.71. The van der Waals surface area contributed by atoms with Crippen molar-refractivity contribution in [3.63, 3.8) is 0 Å². The number of benzene rings is 1. The van der Waals surface area contributed by atoms with Crippen LogP contribution in [0.4, 0.5) is 0 Å². The van der Waals surface area contributed by atoms with Crippen molar-refractivity contribution in [3.8, 4) is 0 Å². The molecule has 3 N–H and O–H groups in total. The van der Waals surface area contributed by atoms with Gasteiger partial charge in [-0.15, -0.1) is 0 Å². The lowest BCUT2D eigenvalue weighted by atomic mass is 9.80. The molecule has 1 aromatic carbocycles. The van der Waals surface area contributed by atoms with E-state index < -0.39 is 5.97 Å². The third-order valence-corrected chi connectivity index (χ3v) is 4.47. The molecule has 116 valence electrons. The van der Waals surface area contributed by atoms with Crippen LogP contribution in [0, 0.1) is 5.92 Å². The van der Waals surface area contributed by atoms with E-state index in [-0.39, 0.29) is 17.9 Å². The monoisotopic (exact) mass is 300 g/mol. The van der Waals surface area contributed by atoms with Crippen molar-refractivity contribution in [1.82, 2.24) is 10.3 Å². The maximum absolute atomic E-state index is 12.1. The highest BCUT2D eigenvalue weighted by molar-refractivity contribution is 5.90. The molecule has 3 rings (SSSR count). The molecule has 22 heavy (non-hydrogen) atoms. The Hall–Kier alpha value is -2.30. The number of aryl methyl sites for hydroxylation is 1. The van der Waals surface area contributed by atoms with Crippen LogP contribution in [0.25, 0.3) is 10.9 Å². The molecule has 2 aromatic rings. The number of para-hydroxylation sites is 1. The second-order valence-corrected chi connectivity index (χ2v) is 5.95. The van der Waals surface area contributed by atoms with Gasteiger partial charge in [-0.3, -0.25) is 9.59 Å². The molecule has 0 bridgehead atoms. The third-order valence-electron chi connectivity index (χ3n) is 4.47. The average Bonchev–Trinajstić information content (AvgIpc) is 2.85. The van der Waals surface area contributed by atoms with Gasteiger partial charge in [-0.1, -0.05) is 25.1 Å². The number of carboxylic acid groups (broad SMARTS) is 1. The topological polar surface area (TPSA) is 82.2 Å². The number of aliphatic carboxylic acids is 1. The second kappa shape index (κ2) is 5.83. The quantitative estimate of drug-likeness (QED) is 0.792. The lowest BCUT2D eigenvalue weighted by Crippen LogP contribution is -2.47. The summed E-state index contributed by atoms with van der Waals surface area (Å²) in [5, 5.41) is 12.8. The van der Waals surface area contributed by atoms with Crippen LogP contribution >= 0.6 is 0 Å². The first-order valence-electron chi connectivity index (χ1n) is 7.68. The van der Waals surface area contributed by atoms with E-state index in [4.69, 9.17) is 5.11 Å². The highest BCUT2D eigenvalue weighted by Gasteiger charge is 2.35. The van der Waals surface area contributed by atoms with Crippen molar-refractivity contribution in [1.29, 1.82) is 0 Å². The number of aromatic amines is 1. The number of hydrogen-bond donors (Lipinski definition) is 3. The Balaban J connectivity index is 1.64. The summed E-state index contributed by atoms with van der Waals surface area (Å²) < 4.78 is 0. The van der Waals surface area contributed by atoms with Crippen molar-refractivity contribution < 1.29 is 14.7 Å². The molecule has 0 aliphatic heterocycles. The smallest absolute Gasteiger partial charge is 0.306 e. The van der Waals surface area contributed by atoms with Gasteiger partial charge in [0.1, 0.15) is 0 Å². The zero-order valence-corrected chi connectivity index (χ0v) is 12.6. The minimum atomic E-state index is -0.769. The summed E-state index contributed by atoms with van der Waals surface area (Å²) >= 11 is 0. The van der Waals surface area contributed by atoms with E-state index in [9.17, 15) is 9.59 Å². The molecule has 1 fully saturated rings. The molecule has 1 saturated carbocycles. The van der Waals surface area contributed by atoms with E-state index in [2.05, 4.69) is 23.3 Å². The number of carboxylic acids is 1. The maximum Gasteiger partial charge on any atom is 0.306 e.